The van der Waals surface area contributed by atoms with Gasteiger partial charge in [-0.25, -0.2) is 4.98 Å². The summed E-state index contributed by atoms with van der Waals surface area (Å²) in [6.07, 6.45) is 4.81. The predicted molar refractivity (Wildman–Crippen MR) is 116 cm³/mol. The molecule has 0 unspecified atom stereocenters. The molecule has 1 fully saturated rings. The van der Waals surface area contributed by atoms with Gasteiger partial charge >= 0.3 is 0 Å². The Balaban J connectivity index is 1.70. The number of amides is 1. The third-order valence-electron chi connectivity index (χ3n) is 5.75. The number of hydrogen-bond acceptors (Lipinski definition) is 3. The lowest BCUT2D eigenvalue weighted by molar-refractivity contribution is 0.0742. The number of methoxy groups -OCH3 is 1. The molecule has 1 heterocycles. The fourth-order valence-electron chi connectivity index (χ4n) is 4.29. The number of imidazole rings is 1. The van der Waals surface area contributed by atoms with Crippen molar-refractivity contribution in [2.45, 2.75) is 45.2 Å². The topological polar surface area (TPSA) is 47.4 Å². The lowest BCUT2D eigenvalue weighted by Gasteiger charge is -2.24. The third kappa shape index (κ3) is 3.84. The van der Waals surface area contributed by atoms with E-state index in [0.717, 1.165) is 29.7 Å². The Kier molecular flexibility index (Phi) is 5.76. The van der Waals surface area contributed by atoms with Crippen LogP contribution in [0.1, 0.15) is 54.8 Å². The number of benzene rings is 2. The van der Waals surface area contributed by atoms with Gasteiger partial charge in [-0.05, 0) is 50.1 Å². The van der Waals surface area contributed by atoms with Crippen LogP contribution in [0.3, 0.4) is 0 Å². The molecule has 0 aliphatic heterocycles. The van der Waals surface area contributed by atoms with Crippen molar-refractivity contribution >= 4 is 28.5 Å². The maximum atomic E-state index is 13.3. The van der Waals surface area contributed by atoms with Crippen LogP contribution in [0.4, 0.5) is 0 Å². The number of carbonyl (C=O) groups is 1. The molecule has 0 spiro atoms. The standard InChI is InChI=1S/C23H26ClN3O2/c1-3-26(23(28)18-14-16(24)12-13-21(18)29-2)15-22-25-19-10-6-7-11-20(19)27(22)17-8-4-5-9-17/h6-7,10-14,17H,3-5,8-9,15H2,1-2H3. The maximum absolute atomic E-state index is 13.3. The number of halogens is 1. The molecule has 2 aromatic carbocycles. The fourth-order valence-corrected chi connectivity index (χ4v) is 4.46. The van der Waals surface area contributed by atoms with Gasteiger partial charge < -0.3 is 14.2 Å². The van der Waals surface area contributed by atoms with Gasteiger partial charge in [0.05, 0.1) is 30.3 Å². The average Bonchev–Trinajstić information content (AvgIpc) is 3.38. The lowest BCUT2D eigenvalue weighted by Crippen LogP contribution is -2.32. The van der Waals surface area contributed by atoms with Gasteiger partial charge in [-0.2, -0.15) is 0 Å². The average molecular weight is 412 g/mol. The van der Waals surface area contributed by atoms with E-state index in [1.54, 1.807) is 30.2 Å². The smallest absolute Gasteiger partial charge is 0.258 e. The SMILES string of the molecule is CCN(Cc1nc2ccccc2n1C1CCCC1)C(=O)c1cc(Cl)ccc1OC. The monoisotopic (exact) mass is 411 g/mol. The molecular weight excluding hydrogens is 386 g/mol. The summed E-state index contributed by atoms with van der Waals surface area (Å²) < 4.78 is 7.75. The molecule has 6 heteroatoms. The number of nitrogens with zero attached hydrogens (tertiary/aromatic N) is 3. The summed E-state index contributed by atoms with van der Waals surface area (Å²) in [6, 6.07) is 13.8. The lowest BCUT2D eigenvalue weighted by atomic mass is 10.1. The van der Waals surface area contributed by atoms with E-state index in [4.69, 9.17) is 21.3 Å². The normalized spacial score (nSPS) is 14.4. The second kappa shape index (κ2) is 8.46. The molecule has 3 aromatic rings. The van der Waals surface area contributed by atoms with Crippen LogP contribution < -0.4 is 4.74 Å². The van der Waals surface area contributed by atoms with E-state index in [-0.39, 0.29) is 5.91 Å². The molecule has 1 aliphatic rings. The van der Waals surface area contributed by atoms with E-state index in [1.807, 2.05) is 19.1 Å². The number of rotatable bonds is 6. The van der Waals surface area contributed by atoms with Crippen LogP contribution in [0.2, 0.25) is 5.02 Å². The zero-order valence-corrected chi connectivity index (χ0v) is 17.7. The maximum Gasteiger partial charge on any atom is 0.258 e. The molecule has 1 aliphatic carbocycles. The van der Waals surface area contributed by atoms with Gasteiger partial charge in [0.15, 0.2) is 0 Å². The number of fused-ring (bicyclic) bond motifs is 1. The first-order valence-electron chi connectivity index (χ1n) is 10.2. The number of para-hydroxylation sites is 2. The highest BCUT2D eigenvalue weighted by molar-refractivity contribution is 6.31. The van der Waals surface area contributed by atoms with Crippen molar-refractivity contribution < 1.29 is 9.53 Å². The summed E-state index contributed by atoms with van der Waals surface area (Å²) in [4.78, 5) is 20.0. The van der Waals surface area contributed by atoms with Crippen LogP contribution in [0.15, 0.2) is 42.5 Å². The quantitative estimate of drug-likeness (QED) is 0.539. The Morgan fingerprint density at radius 2 is 2.00 bits per heavy atom. The van der Waals surface area contributed by atoms with Crippen molar-refractivity contribution in [3.05, 3.63) is 58.9 Å². The van der Waals surface area contributed by atoms with Crippen LogP contribution in [-0.4, -0.2) is 34.0 Å². The second-order valence-corrected chi connectivity index (χ2v) is 7.93. The van der Waals surface area contributed by atoms with Crippen LogP contribution in [-0.2, 0) is 6.54 Å². The van der Waals surface area contributed by atoms with Crippen LogP contribution in [0, 0.1) is 0 Å². The summed E-state index contributed by atoms with van der Waals surface area (Å²) in [5.74, 6) is 1.37. The summed E-state index contributed by atoms with van der Waals surface area (Å²) >= 11 is 6.15. The van der Waals surface area contributed by atoms with Crippen molar-refractivity contribution in [1.82, 2.24) is 14.5 Å². The molecule has 0 bridgehead atoms. The first-order chi connectivity index (χ1) is 14.1. The van der Waals surface area contributed by atoms with Gasteiger partial charge in [-0.3, -0.25) is 4.79 Å². The first-order valence-corrected chi connectivity index (χ1v) is 10.6. The van der Waals surface area contributed by atoms with Crippen molar-refractivity contribution in [3.63, 3.8) is 0 Å². The molecule has 152 valence electrons. The van der Waals surface area contributed by atoms with Gasteiger partial charge in [-0.15, -0.1) is 0 Å². The molecule has 0 radical (unpaired) electrons. The Morgan fingerprint density at radius 1 is 1.24 bits per heavy atom. The largest absolute Gasteiger partial charge is 0.496 e. The Hall–Kier alpha value is -2.53. The van der Waals surface area contributed by atoms with E-state index in [1.165, 1.54) is 12.8 Å². The number of aromatic nitrogens is 2. The molecule has 1 amide bonds. The van der Waals surface area contributed by atoms with Gasteiger partial charge in [0.1, 0.15) is 11.6 Å². The number of carbonyl (C=O) groups excluding carboxylic acids is 1. The molecule has 0 N–H and O–H groups in total. The molecular formula is C23H26ClN3O2. The zero-order valence-electron chi connectivity index (χ0n) is 16.9. The number of hydrogen-bond donors (Lipinski definition) is 0. The van der Waals surface area contributed by atoms with E-state index >= 15 is 0 Å². The van der Waals surface area contributed by atoms with Crippen molar-refractivity contribution in [2.75, 3.05) is 13.7 Å². The third-order valence-corrected chi connectivity index (χ3v) is 5.99. The van der Waals surface area contributed by atoms with E-state index < -0.39 is 0 Å². The highest BCUT2D eigenvalue weighted by Gasteiger charge is 2.26. The molecule has 29 heavy (non-hydrogen) atoms. The van der Waals surface area contributed by atoms with Crippen LogP contribution in [0.5, 0.6) is 5.75 Å². The van der Waals surface area contributed by atoms with E-state index in [2.05, 4.69) is 16.7 Å². The molecule has 0 atom stereocenters. The summed E-state index contributed by atoms with van der Waals surface area (Å²) in [5.41, 5.74) is 2.61. The fraction of sp³-hybridized carbons (Fsp3) is 0.391. The predicted octanol–water partition coefficient (Wildman–Crippen LogP) is 5.48. The minimum atomic E-state index is -0.100. The summed E-state index contributed by atoms with van der Waals surface area (Å²) in [5, 5.41) is 0.517. The highest BCUT2D eigenvalue weighted by atomic mass is 35.5. The second-order valence-electron chi connectivity index (χ2n) is 7.49. The first kappa shape index (κ1) is 19.8. The van der Waals surface area contributed by atoms with Crippen molar-refractivity contribution in [3.8, 4) is 5.75 Å². The molecule has 4 rings (SSSR count). The summed E-state index contributed by atoms with van der Waals surface area (Å²) in [6.45, 7) is 3.01. The van der Waals surface area contributed by atoms with Gasteiger partial charge in [0, 0.05) is 17.6 Å². The molecule has 0 saturated heterocycles. The van der Waals surface area contributed by atoms with Crippen molar-refractivity contribution in [1.29, 1.82) is 0 Å². The Labute approximate surface area is 176 Å². The number of ether oxygens (including phenoxy) is 1. The zero-order chi connectivity index (χ0) is 20.4. The van der Waals surface area contributed by atoms with Gasteiger partial charge in [-0.1, -0.05) is 36.6 Å². The van der Waals surface area contributed by atoms with Crippen LogP contribution in [0.25, 0.3) is 11.0 Å². The molecule has 1 aromatic heterocycles. The van der Waals surface area contributed by atoms with Gasteiger partial charge in [0.25, 0.3) is 5.91 Å². The van der Waals surface area contributed by atoms with Crippen LogP contribution >= 0.6 is 11.6 Å². The molecule has 1 saturated carbocycles. The highest BCUT2D eigenvalue weighted by Crippen LogP contribution is 2.34. The minimum Gasteiger partial charge on any atom is -0.496 e. The Bertz CT molecular complexity index is 1020. The summed E-state index contributed by atoms with van der Waals surface area (Å²) in [7, 11) is 1.57. The van der Waals surface area contributed by atoms with Gasteiger partial charge in [0.2, 0.25) is 0 Å². The Morgan fingerprint density at radius 3 is 2.72 bits per heavy atom. The minimum absolute atomic E-state index is 0.100. The molecule has 5 nitrogen and oxygen atoms in total. The van der Waals surface area contributed by atoms with E-state index in [9.17, 15) is 4.79 Å². The van der Waals surface area contributed by atoms with Crippen molar-refractivity contribution in [2.24, 2.45) is 0 Å². The van der Waals surface area contributed by atoms with E-state index in [0.29, 0.717) is 35.5 Å².